The predicted molar refractivity (Wildman–Crippen MR) is 129 cm³/mol. The second-order valence-electron chi connectivity index (χ2n) is 6.21. The van der Waals surface area contributed by atoms with Crippen LogP contribution in [0.15, 0.2) is 12.3 Å². The fraction of sp³-hybridized carbons (Fsp3) is 0.900. The summed E-state index contributed by atoms with van der Waals surface area (Å²) in [6, 6.07) is 0.818. The van der Waals surface area contributed by atoms with Crippen LogP contribution in [0.5, 0.6) is 0 Å². The van der Waals surface area contributed by atoms with Crippen molar-refractivity contribution in [3.05, 3.63) is 12.3 Å². The highest BCUT2D eigenvalue weighted by molar-refractivity contribution is 6.66. The topological polar surface area (TPSA) is 109 Å². The summed E-state index contributed by atoms with van der Waals surface area (Å²) in [7, 11) is -0.426. The van der Waals surface area contributed by atoms with E-state index >= 15 is 0 Å². The molecule has 0 saturated carbocycles. The standard InChI is InChI=1S/C11H24O6Si.C9H23NO3Si/c1-5-18(15-9-6-12-2,16-10-7-13-3)17-11-8-14-4;1-4-11-14(12-5-2,13-6-3)9-7-8-10/h5H,1,6-11H2,2-4H3;4-10H2,1-3H3. The minimum absolute atomic E-state index is 0.398. The molecule has 194 valence electrons. The van der Waals surface area contributed by atoms with Gasteiger partial charge in [-0.3, -0.25) is 0 Å². The summed E-state index contributed by atoms with van der Waals surface area (Å²) in [5.41, 5.74) is 7.08. The maximum absolute atomic E-state index is 5.65. The number of hydrogen-bond donors (Lipinski definition) is 1. The zero-order valence-corrected chi connectivity index (χ0v) is 23.0. The number of hydrogen-bond acceptors (Lipinski definition) is 10. The zero-order chi connectivity index (χ0) is 24.6. The SMILES string of the molecule is C=C[Si](OCCOC)(OCCOC)OCCOC.CCO[Si](CCCN)(OCC)OCC. The summed E-state index contributed by atoms with van der Waals surface area (Å²) in [4.78, 5) is 0. The average molecular weight is 502 g/mol. The average Bonchev–Trinajstić information content (AvgIpc) is 2.79. The fourth-order valence-corrected chi connectivity index (χ4v) is 6.77. The summed E-state index contributed by atoms with van der Waals surface area (Å²) in [5, 5.41) is 0. The Morgan fingerprint density at radius 2 is 1.03 bits per heavy atom. The van der Waals surface area contributed by atoms with Crippen molar-refractivity contribution in [2.45, 2.75) is 33.2 Å². The maximum Gasteiger partial charge on any atom is 0.529 e. The number of ether oxygens (including phenoxy) is 3. The normalized spacial score (nSPS) is 11.8. The molecular weight excluding hydrogens is 454 g/mol. The van der Waals surface area contributed by atoms with Crippen LogP contribution in [-0.2, 0) is 40.8 Å². The van der Waals surface area contributed by atoms with Crippen molar-refractivity contribution in [2.24, 2.45) is 5.73 Å². The molecule has 12 heteroatoms. The molecule has 0 radical (unpaired) electrons. The zero-order valence-electron chi connectivity index (χ0n) is 21.0. The van der Waals surface area contributed by atoms with Crippen LogP contribution < -0.4 is 5.73 Å². The molecule has 2 N–H and O–H groups in total. The van der Waals surface area contributed by atoms with Crippen LogP contribution in [0.1, 0.15) is 27.2 Å². The molecule has 0 saturated heterocycles. The molecule has 0 atom stereocenters. The lowest BCUT2D eigenvalue weighted by Gasteiger charge is -2.28. The Morgan fingerprint density at radius 1 is 0.656 bits per heavy atom. The first-order valence-corrected chi connectivity index (χ1v) is 14.9. The Bertz CT molecular complexity index is 366. The van der Waals surface area contributed by atoms with Gasteiger partial charge in [-0.1, -0.05) is 6.58 Å². The molecule has 0 aromatic rings. The van der Waals surface area contributed by atoms with Crippen LogP contribution in [0.2, 0.25) is 6.04 Å². The molecule has 10 nitrogen and oxygen atoms in total. The summed E-state index contributed by atoms with van der Waals surface area (Å²) >= 11 is 0. The van der Waals surface area contributed by atoms with E-state index in [0.717, 1.165) is 12.5 Å². The molecule has 0 fully saturated rings. The molecule has 0 heterocycles. The first kappa shape index (κ1) is 33.9. The van der Waals surface area contributed by atoms with E-state index in [1.807, 2.05) is 20.8 Å². The van der Waals surface area contributed by atoms with Gasteiger partial charge in [0, 0.05) is 47.2 Å². The van der Waals surface area contributed by atoms with E-state index in [1.54, 1.807) is 27.0 Å². The van der Waals surface area contributed by atoms with Crippen LogP contribution in [0, 0.1) is 0 Å². The van der Waals surface area contributed by atoms with Crippen LogP contribution in [-0.4, -0.2) is 105 Å². The third-order valence-electron chi connectivity index (χ3n) is 3.80. The molecule has 0 bridgehead atoms. The van der Waals surface area contributed by atoms with Crippen LogP contribution >= 0.6 is 0 Å². The van der Waals surface area contributed by atoms with E-state index in [-0.39, 0.29) is 0 Å². The molecule has 0 rings (SSSR count). The van der Waals surface area contributed by atoms with E-state index in [0.29, 0.717) is 66.0 Å². The van der Waals surface area contributed by atoms with E-state index in [9.17, 15) is 0 Å². The summed E-state index contributed by atoms with van der Waals surface area (Å²) < 4.78 is 48.7. The van der Waals surface area contributed by atoms with Gasteiger partial charge < -0.3 is 46.5 Å². The van der Waals surface area contributed by atoms with E-state index in [1.165, 1.54) is 0 Å². The van der Waals surface area contributed by atoms with Gasteiger partial charge in [-0.05, 0) is 39.4 Å². The van der Waals surface area contributed by atoms with Crippen LogP contribution in [0.25, 0.3) is 0 Å². The maximum atomic E-state index is 5.65. The highest BCUT2D eigenvalue weighted by atomic mass is 28.4. The minimum atomic E-state index is -2.86. The van der Waals surface area contributed by atoms with Crippen molar-refractivity contribution in [2.75, 3.05) is 87.3 Å². The first-order valence-electron chi connectivity index (χ1n) is 11.1. The molecular formula is C20H47NO9Si2. The molecule has 0 aliphatic heterocycles. The van der Waals surface area contributed by atoms with Gasteiger partial charge in [0.25, 0.3) is 0 Å². The molecule has 0 spiro atoms. The monoisotopic (exact) mass is 501 g/mol. The molecule has 0 unspecified atom stereocenters. The largest absolute Gasteiger partial charge is 0.529 e. The summed E-state index contributed by atoms with van der Waals surface area (Å²) in [5.74, 6) is 0. The second kappa shape index (κ2) is 23.9. The first-order chi connectivity index (χ1) is 15.5. The van der Waals surface area contributed by atoms with Crippen molar-refractivity contribution >= 4 is 17.6 Å². The van der Waals surface area contributed by atoms with E-state index < -0.39 is 17.6 Å². The van der Waals surface area contributed by atoms with Gasteiger partial charge in [-0.2, -0.15) is 0 Å². The van der Waals surface area contributed by atoms with Gasteiger partial charge in [-0.25, -0.2) is 0 Å². The Morgan fingerprint density at radius 3 is 1.28 bits per heavy atom. The summed E-state index contributed by atoms with van der Waals surface area (Å²) in [6.45, 7) is 14.8. The van der Waals surface area contributed by atoms with Gasteiger partial charge in [0.1, 0.15) is 0 Å². The highest BCUT2D eigenvalue weighted by Gasteiger charge is 2.39. The van der Waals surface area contributed by atoms with Gasteiger partial charge in [-0.15, -0.1) is 0 Å². The van der Waals surface area contributed by atoms with Gasteiger partial charge in [0.05, 0.1) is 39.6 Å². The predicted octanol–water partition coefficient (Wildman–Crippen LogP) is 2.02. The van der Waals surface area contributed by atoms with Gasteiger partial charge in [0.2, 0.25) is 0 Å². The lowest BCUT2D eigenvalue weighted by Crippen LogP contribution is -2.46. The van der Waals surface area contributed by atoms with Crippen molar-refractivity contribution < 1.29 is 40.8 Å². The molecule has 32 heavy (non-hydrogen) atoms. The molecule has 0 amide bonds. The van der Waals surface area contributed by atoms with E-state index in [4.69, 9.17) is 46.5 Å². The van der Waals surface area contributed by atoms with Crippen LogP contribution in [0.3, 0.4) is 0 Å². The minimum Gasteiger partial charge on any atom is -0.382 e. The van der Waals surface area contributed by atoms with Crippen molar-refractivity contribution in [1.82, 2.24) is 0 Å². The lowest BCUT2D eigenvalue weighted by molar-refractivity contribution is 0.0232. The Kier molecular flexibility index (Phi) is 25.4. The number of rotatable bonds is 22. The molecule has 0 aliphatic carbocycles. The smallest absolute Gasteiger partial charge is 0.382 e. The number of methoxy groups -OCH3 is 3. The van der Waals surface area contributed by atoms with Crippen molar-refractivity contribution in [1.29, 1.82) is 0 Å². The van der Waals surface area contributed by atoms with E-state index in [2.05, 4.69) is 6.58 Å². The lowest BCUT2D eigenvalue weighted by atomic mass is 10.5. The quantitative estimate of drug-likeness (QED) is 0.175. The third-order valence-corrected chi connectivity index (χ3v) is 9.27. The summed E-state index contributed by atoms with van der Waals surface area (Å²) in [6.07, 6.45) is 0.895. The Labute approximate surface area is 197 Å². The van der Waals surface area contributed by atoms with Crippen molar-refractivity contribution in [3.8, 4) is 0 Å². The highest BCUT2D eigenvalue weighted by Crippen LogP contribution is 2.17. The fourth-order valence-electron chi connectivity index (χ4n) is 2.42. The molecule has 0 aromatic heterocycles. The third kappa shape index (κ3) is 17.3. The Balaban J connectivity index is 0. The van der Waals surface area contributed by atoms with Crippen molar-refractivity contribution in [3.63, 3.8) is 0 Å². The Hall–Kier alpha value is -0.226. The number of nitrogens with two attached hydrogens (primary N) is 1. The van der Waals surface area contributed by atoms with Gasteiger partial charge >= 0.3 is 17.6 Å². The molecule has 0 aromatic carbocycles. The molecule has 0 aliphatic rings. The van der Waals surface area contributed by atoms with Crippen LogP contribution in [0.4, 0.5) is 0 Å². The second-order valence-corrected chi connectivity index (χ2v) is 11.4. The van der Waals surface area contributed by atoms with Gasteiger partial charge in [0.15, 0.2) is 0 Å².